The van der Waals surface area contributed by atoms with E-state index in [-0.39, 0.29) is 22.0 Å². The number of carbonyl (C=O) groups is 1. The van der Waals surface area contributed by atoms with Gasteiger partial charge in [0.05, 0.1) is 5.56 Å². The van der Waals surface area contributed by atoms with E-state index in [2.05, 4.69) is 5.32 Å². The molecule has 0 aliphatic rings. The number of nitrogens with one attached hydrogen (secondary N) is 1. The monoisotopic (exact) mass is 300 g/mol. The Morgan fingerprint density at radius 1 is 1.05 bits per heavy atom. The van der Waals surface area contributed by atoms with Crippen molar-refractivity contribution in [2.75, 3.05) is 11.1 Å². The minimum Gasteiger partial charge on any atom is -0.398 e. The molecule has 20 heavy (non-hydrogen) atoms. The summed E-state index contributed by atoms with van der Waals surface area (Å²) in [6, 6.07) is 4.76. The Morgan fingerprint density at radius 2 is 1.70 bits per heavy atom. The average Bonchev–Trinajstić information content (AvgIpc) is 2.32. The number of hydrogen-bond acceptors (Lipinski definition) is 2. The molecule has 1 amide bonds. The lowest BCUT2D eigenvalue weighted by molar-refractivity contribution is 0.102. The summed E-state index contributed by atoms with van der Waals surface area (Å²) in [5.41, 5.74) is 5.02. The Labute approximate surface area is 117 Å². The highest BCUT2D eigenvalue weighted by Crippen LogP contribution is 2.21. The molecule has 0 saturated heterocycles. The molecule has 7 heteroatoms. The zero-order valence-electron chi connectivity index (χ0n) is 9.88. The van der Waals surface area contributed by atoms with Crippen LogP contribution in [0.15, 0.2) is 30.3 Å². The third kappa shape index (κ3) is 3.03. The predicted octanol–water partition coefficient (Wildman–Crippen LogP) is 3.59. The van der Waals surface area contributed by atoms with Crippen LogP contribution in [0, 0.1) is 17.5 Å². The summed E-state index contributed by atoms with van der Waals surface area (Å²) in [6.07, 6.45) is 0. The summed E-state index contributed by atoms with van der Waals surface area (Å²) in [6.45, 7) is 0. The van der Waals surface area contributed by atoms with Crippen LogP contribution >= 0.6 is 11.6 Å². The smallest absolute Gasteiger partial charge is 0.257 e. The molecule has 0 aliphatic carbocycles. The topological polar surface area (TPSA) is 55.1 Å². The number of nitrogens with two attached hydrogens (primary N) is 1. The molecule has 0 unspecified atom stereocenters. The summed E-state index contributed by atoms with van der Waals surface area (Å²) < 4.78 is 39.1. The van der Waals surface area contributed by atoms with Gasteiger partial charge in [-0.2, -0.15) is 0 Å². The molecule has 2 rings (SSSR count). The number of hydrogen-bond donors (Lipinski definition) is 2. The van der Waals surface area contributed by atoms with Gasteiger partial charge in [-0.05, 0) is 24.3 Å². The second-order valence-electron chi connectivity index (χ2n) is 3.97. The van der Waals surface area contributed by atoms with Crippen molar-refractivity contribution in [3.63, 3.8) is 0 Å². The van der Waals surface area contributed by atoms with Crippen LogP contribution in [0.1, 0.15) is 10.4 Å². The van der Waals surface area contributed by atoms with E-state index in [1.165, 1.54) is 6.07 Å². The second-order valence-corrected chi connectivity index (χ2v) is 4.40. The van der Waals surface area contributed by atoms with E-state index in [1.807, 2.05) is 0 Å². The quantitative estimate of drug-likeness (QED) is 0.833. The second kappa shape index (κ2) is 5.42. The Hall–Kier alpha value is -2.21. The van der Waals surface area contributed by atoms with Crippen LogP contribution in [-0.4, -0.2) is 5.91 Å². The Morgan fingerprint density at radius 3 is 2.35 bits per heavy atom. The van der Waals surface area contributed by atoms with Crippen molar-refractivity contribution < 1.29 is 18.0 Å². The van der Waals surface area contributed by atoms with E-state index in [0.717, 1.165) is 12.1 Å². The van der Waals surface area contributed by atoms with Gasteiger partial charge in [-0.15, -0.1) is 0 Å². The van der Waals surface area contributed by atoms with E-state index in [1.54, 1.807) is 0 Å². The highest BCUT2D eigenvalue weighted by atomic mass is 35.5. The van der Waals surface area contributed by atoms with Gasteiger partial charge in [-0.25, -0.2) is 13.2 Å². The summed E-state index contributed by atoms with van der Waals surface area (Å²) in [4.78, 5) is 11.9. The number of rotatable bonds is 2. The Bertz CT molecular complexity index is 671. The van der Waals surface area contributed by atoms with Gasteiger partial charge in [0.1, 0.15) is 5.82 Å². The molecule has 0 spiro atoms. The van der Waals surface area contributed by atoms with Crippen LogP contribution in [0.3, 0.4) is 0 Å². The molecule has 0 aromatic heterocycles. The van der Waals surface area contributed by atoms with Gasteiger partial charge in [-0.3, -0.25) is 4.79 Å². The fourth-order valence-electron chi connectivity index (χ4n) is 1.58. The number of amides is 1. The molecule has 0 aliphatic heterocycles. The number of halogens is 4. The fraction of sp³-hybridized carbons (Fsp3) is 0. The summed E-state index contributed by atoms with van der Waals surface area (Å²) in [5.74, 6) is -3.82. The van der Waals surface area contributed by atoms with E-state index in [0.29, 0.717) is 12.1 Å². The van der Waals surface area contributed by atoms with E-state index >= 15 is 0 Å². The first-order chi connectivity index (χ1) is 9.36. The van der Waals surface area contributed by atoms with Crippen LogP contribution < -0.4 is 11.1 Å². The van der Waals surface area contributed by atoms with Crippen LogP contribution in [0.2, 0.25) is 5.02 Å². The van der Waals surface area contributed by atoms with Crippen molar-refractivity contribution in [3.05, 3.63) is 58.4 Å². The van der Waals surface area contributed by atoms with Gasteiger partial charge < -0.3 is 11.1 Å². The molecule has 0 radical (unpaired) electrons. The van der Waals surface area contributed by atoms with E-state index in [4.69, 9.17) is 17.3 Å². The summed E-state index contributed by atoms with van der Waals surface area (Å²) in [7, 11) is 0. The molecule has 3 nitrogen and oxygen atoms in total. The molecule has 0 fully saturated rings. The molecular formula is C13H8ClF3N2O. The van der Waals surface area contributed by atoms with Gasteiger partial charge in [0.25, 0.3) is 5.91 Å². The zero-order valence-corrected chi connectivity index (χ0v) is 10.6. The van der Waals surface area contributed by atoms with Crippen LogP contribution in [0.5, 0.6) is 0 Å². The van der Waals surface area contributed by atoms with Crippen molar-refractivity contribution in [2.45, 2.75) is 0 Å². The highest BCUT2D eigenvalue weighted by molar-refractivity contribution is 6.31. The van der Waals surface area contributed by atoms with Gasteiger partial charge in [0.2, 0.25) is 0 Å². The third-order valence-electron chi connectivity index (χ3n) is 2.46. The van der Waals surface area contributed by atoms with Crippen LogP contribution in [0.25, 0.3) is 0 Å². The van der Waals surface area contributed by atoms with Crippen molar-refractivity contribution >= 4 is 28.9 Å². The maximum atomic E-state index is 13.1. The SMILES string of the molecule is Nc1cc(F)c(F)cc1C(=O)Nc1cc(F)cc(Cl)c1. The molecule has 0 bridgehead atoms. The Balaban J connectivity index is 2.30. The lowest BCUT2D eigenvalue weighted by atomic mass is 10.1. The average molecular weight is 301 g/mol. The van der Waals surface area contributed by atoms with Gasteiger partial charge in [-0.1, -0.05) is 11.6 Å². The molecule has 0 heterocycles. The zero-order chi connectivity index (χ0) is 14.9. The summed E-state index contributed by atoms with van der Waals surface area (Å²) >= 11 is 5.63. The normalized spacial score (nSPS) is 10.4. The van der Waals surface area contributed by atoms with Crippen molar-refractivity contribution in [1.82, 2.24) is 0 Å². The molecule has 3 N–H and O–H groups in total. The minimum atomic E-state index is -1.21. The number of nitrogen functional groups attached to an aromatic ring is 1. The first-order valence-electron chi connectivity index (χ1n) is 5.39. The maximum Gasteiger partial charge on any atom is 0.257 e. The molecular weight excluding hydrogens is 293 g/mol. The van der Waals surface area contributed by atoms with Gasteiger partial charge >= 0.3 is 0 Å². The van der Waals surface area contributed by atoms with Crippen molar-refractivity contribution in [2.24, 2.45) is 0 Å². The van der Waals surface area contributed by atoms with Gasteiger partial charge in [0, 0.05) is 22.5 Å². The number of benzene rings is 2. The first-order valence-corrected chi connectivity index (χ1v) is 5.76. The van der Waals surface area contributed by atoms with Gasteiger partial charge in [0.15, 0.2) is 11.6 Å². The lowest BCUT2D eigenvalue weighted by Crippen LogP contribution is -2.15. The minimum absolute atomic E-state index is 0.0733. The lowest BCUT2D eigenvalue weighted by Gasteiger charge is -2.08. The fourth-order valence-corrected chi connectivity index (χ4v) is 1.81. The largest absolute Gasteiger partial charge is 0.398 e. The Kier molecular flexibility index (Phi) is 3.85. The van der Waals surface area contributed by atoms with Crippen molar-refractivity contribution in [3.8, 4) is 0 Å². The predicted molar refractivity (Wildman–Crippen MR) is 70.1 cm³/mol. The molecule has 0 saturated carbocycles. The molecule has 2 aromatic rings. The van der Waals surface area contributed by atoms with E-state index < -0.39 is 23.4 Å². The standard InChI is InChI=1S/C13H8ClF3N2O/c14-6-1-7(15)3-8(2-6)19-13(20)9-4-10(16)11(17)5-12(9)18/h1-5H,18H2,(H,19,20). The maximum absolute atomic E-state index is 13.1. The third-order valence-corrected chi connectivity index (χ3v) is 2.68. The molecule has 2 aromatic carbocycles. The molecule has 0 atom stereocenters. The number of carbonyl (C=O) groups excluding carboxylic acids is 1. The number of anilines is 2. The molecule has 104 valence electrons. The van der Waals surface area contributed by atoms with E-state index in [9.17, 15) is 18.0 Å². The van der Waals surface area contributed by atoms with Crippen molar-refractivity contribution in [1.29, 1.82) is 0 Å². The summed E-state index contributed by atoms with van der Waals surface area (Å²) in [5, 5.41) is 2.38. The van der Waals surface area contributed by atoms with Crippen LogP contribution in [0.4, 0.5) is 24.5 Å². The highest BCUT2D eigenvalue weighted by Gasteiger charge is 2.15. The first kappa shape index (κ1) is 14.2. The van der Waals surface area contributed by atoms with Crippen LogP contribution in [-0.2, 0) is 0 Å².